The highest BCUT2D eigenvalue weighted by Gasteiger charge is 2.48. The second kappa shape index (κ2) is 7.71. The van der Waals surface area contributed by atoms with Gasteiger partial charge >= 0.3 is 5.97 Å². The molecule has 7 nitrogen and oxygen atoms in total. The van der Waals surface area contributed by atoms with Crippen molar-refractivity contribution < 1.29 is 24.2 Å². The fraction of sp³-hybridized carbons (Fsp3) is 0.500. The molecule has 3 rings (SSSR count). The van der Waals surface area contributed by atoms with Crippen LogP contribution in [-0.4, -0.2) is 62.2 Å². The number of rotatable bonds is 7. The normalized spacial score (nSPS) is 21.9. The topological polar surface area (TPSA) is 96.8 Å². The Labute approximate surface area is 163 Å². The van der Waals surface area contributed by atoms with E-state index in [0.717, 1.165) is 10.0 Å². The number of carbonyl (C=O) groups excluding carboxylic acids is 2. The quantitative estimate of drug-likeness (QED) is 0.536. The molecular formula is C16H18N2O5S3. The number of β-lactam (4-membered cyclic amide) rings is 1. The number of carbonyl (C=O) groups is 3. The predicted molar refractivity (Wildman–Crippen MR) is 100 cm³/mol. The number of amides is 1. The number of hydrogen-bond donors (Lipinski definition) is 1. The van der Waals surface area contributed by atoms with Gasteiger partial charge in [-0.05, 0) is 19.4 Å². The van der Waals surface area contributed by atoms with Gasteiger partial charge in [0.1, 0.15) is 11.8 Å². The Morgan fingerprint density at radius 2 is 2.23 bits per heavy atom. The number of carboxylic acids is 1. The Hall–Kier alpha value is -1.36. The number of thiazole rings is 1. The van der Waals surface area contributed by atoms with E-state index in [1.165, 1.54) is 53.8 Å². The zero-order valence-electron chi connectivity index (χ0n) is 14.4. The summed E-state index contributed by atoms with van der Waals surface area (Å²) < 4.78 is 6.14. The van der Waals surface area contributed by atoms with E-state index in [9.17, 15) is 19.5 Å². The molecule has 0 radical (unpaired) electrons. The number of hydrogen-bond acceptors (Lipinski definition) is 8. The second-order valence-electron chi connectivity index (χ2n) is 5.97. The summed E-state index contributed by atoms with van der Waals surface area (Å²) in [7, 11) is 1.43. The van der Waals surface area contributed by atoms with E-state index in [-0.39, 0.29) is 22.8 Å². The van der Waals surface area contributed by atoms with Crippen LogP contribution in [0, 0.1) is 6.92 Å². The highest BCUT2D eigenvalue weighted by molar-refractivity contribution is 8.02. The Morgan fingerprint density at radius 1 is 1.50 bits per heavy atom. The average molecular weight is 415 g/mol. The Morgan fingerprint density at radius 3 is 2.73 bits per heavy atom. The standard InChI is InChI=1S/C16H18N2O5S3/c1-7-5-25-16(17-7)26-14(13(23-3)8(2)19)9-6-24-11-4-10(20)18(11)12(9)15(21)22/h5,11,13-14H,4,6H2,1-3H3,(H,21,22)/t11-,13?,14?/m0/s1. The minimum absolute atomic E-state index is 0.0147. The molecule has 1 aromatic rings. The Balaban J connectivity index is 2.06. The number of ether oxygens (including phenoxy) is 1. The van der Waals surface area contributed by atoms with Crippen LogP contribution in [0.1, 0.15) is 19.0 Å². The molecule has 3 heterocycles. The van der Waals surface area contributed by atoms with Crippen LogP contribution in [0.2, 0.25) is 0 Å². The number of aryl methyl sites for hydroxylation is 1. The Kier molecular flexibility index (Phi) is 5.75. The van der Waals surface area contributed by atoms with Crippen LogP contribution in [-0.2, 0) is 19.1 Å². The van der Waals surface area contributed by atoms with E-state index in [1.54, 1.807) is 0 Å². The van der Waals surface area contributed by atoms with E-state index in [1.807, 2.05) is 12.3 Å². The van der Waals surface area contributed by atoms with Crippen LogP contribution in [0.15, 0.2) is 21.0 Å². The summed E-state index contributed by atoms with van der Waals surface area (Å²) >= 11 is 4.27. The highest BCUT2D eigenvalue weighted by atomic mass is 32.2. The van der Waals surface area contributed by atoms with Crippen LogP contribution >= 0.6 is 34.9 Å². The number of thioether (sulfide) groups is 2. The van der Waals surface area contributed by atoms with Crippen molar-refractivity contribution in [3.8, 4) is 0 Å². The van der Waals surface area contributed by atoms with E-state index >= 15 is 0 Å². The van der Waals surface area contributed by atoms with Gasteiger partial charge in [-0.2, -0.15) is 0 Å². The molecule has 140 valence electrons. The van der Waals surface area contributed by atoms with Crippen LogP contribution in [0.5, 0.6) is 0 Å². The van der Waals surface area contributed by atoms with Gasteiger partial charge in [0.05, 0.1) is 17.0 Å². The lowest BCUT2D eigenvalue weighted by Gasteiger charge is -2.45. The minimum Gasteiger partial charge on any atom is -0.477 e. The number of Topliss-reactive ketones (excluding diaryl/α,β-unsaturated/α-hetero) is 1. The summed E-state index contributed by atoms with van der Waals surface area (Å²) in [4.78, 5) is 41.8. The fourth-order valence-corrected chi connectivity index (χ4v) is 6.77. The van der Waals surface area contributed by atoms with Gasteiger partial charge in [0.15, 0.2) is 10.1 Å². The summed E-state index contributed by atoms with van der Waals surface area (Å²) in [6.07, 6.45) is -0.472. The van der Waals surface area contributed by atoms with Gasteiger partial charge < -0.3 is 9.84 Å². The molecular weight excluding hydrogens is 396 g/mol. The number of aliphatic carboxylic acids is 1. The smallest absolute Gasteiger partial charge is 0.352 e. The maximum absolute atomic E-state index is 12.1. The Bertz CT molecular complexity index is 791. The van der Waals surface area contributed by atoms with Crippen molar-refractivity contribution in [3.05, 3.63) is 22.3 Å². The third-order valence-electron chi connectivity index (χ3n) is 4.18. The molecule has 0 bridgehead atoms. The lowest BCUT2D eigenvalue weighted by atomic mass is 10.0. The third kappa shape index (κ3) is 3.55. The van der Waals surface area contributed by atoms with Gasteiger partial charge in [0, 0.05) is 23.9 Å². The minimum atomic E-state index is -1.15. The first-order valence-corrected chi connectivity index (χ1v) is 10.7. The van der Waals surface area contributed by atoms with Crippen LogP contribution in [0.25, 0.3) is 0 Å². The molecule has 1 N–H and O–H groups in total. The first kappa shape index (κ1) is 19.4. The van der Waals surface area contributed by atoms with Crippen molar-refractivity contribution in [2.75, 3.05) is 12.9 Å². The molecule has 1 aromatic heterocycles. The maximum Gasteiger partial charge on any atom is 0.352 e. The summed E-state index contributed by atoms with van der Waals surface area (Å²) in [6.45, 7) is 3.29. The van der Waals surface area contributed by atoms with E-state index in [4.69, 9.17) is 4.74 Å². The lowest BCUT2D eigenvalue weighted by Crippen LogP contribution is -2.55. The number of methoxy groups -OCH3 is 1. The largest absolute Gasteiger partial charge is 0.477 e. The molecule has 3 atom stereocenters. The summed E-state index contributed by atoms with van der Waals surface area (Å²) in [5.74, 6) is -1.12. The van der Waals surface area contributed by atoms with Gasteiger partial charge in [0.2, 0.25) is 5.91 Å². The number of ketones is 1. The average Bonchev–Trinajstić information content (AvgIpc) is 2.97. The SMILES string of the molecule is COC(C(C)=O)C(Sc1nc(C)cs1)C1=C(C(=O)O)N2C(=O)C[C@@H]2SC1. The zero-order chi connectivity index (χ0) is 19.0. The van der Waals surface area contributed by atoms with Gasteiger partial charge in [-0.15, -0.1) is 23.1 Å². The summed E-state index contributed by atoms with van der Waals surface area (Å²) in [5.41, 5.74) is 1.38. The first-order valence-electron chi connectivity index (χ1n) is 7.85. The molecule has 1 fully saturated rings. The van der Waals surface area contributed by atoms with Crippen molar-refractivity contribution in [3.63, 3.8) is 0 Å². The molecule has 0 aliphatic carbocycles. The molecule has 0 aromatic carbocycles. The van der Waals surface area contributed by atoms with Crippen molar-refractivity contribution in [1.82, 2.24) is 9.88 Å². The molecule has 2 aliphatic rings. The second-order valence-corrected chi connectivity index (χ2v) is 9.39. The van der Waals surface area contributed by atoms with Crippen molar-refractivity contribution in [2.24, 2.45) is 0 Å². The van der Waals surface area contributed by atoms with Gasteiger partial charge in [-0.3, -0.25) is 14.5 Å². The molecule has 10 heteroatoms. The molecule has 2 aliphatic heterocycles. The van der Waals surface area contributed by atoms with Crippen LogP contribution in [0.4, 0.5) is 0 Å². The predicted octanol–water partition coefficient (Wildman–Crippen LogP) is 2.16. The van der Waals surface area contributed by atoms with Gasteiger partial charge in [-0.25, -0.2) is 9.78 Å². The molecule has 2 unspecified atom stereocenters. The molecule has 26 heavy (non-hydrogen) atoms. The molecule has 0 spiro atoms. The van der Waals surface area contributed by atoms with E-state index < -0.39 is 17.3 Å². The van der Waals surface area contributed by atoms with Crippen LogP contribution < -0.4 is 0 Å². The number of nitrogens with zero attached hydrogens (tertiary/aromatic N) is 2. The number of aromatic nitrogens is 1. The molecule has 1 amide bonds. The highest BCUT2D eigenvalue weighted by Crippen LogP contribution is 2.45. The number of fused-ring (bicyclic) bond motifs is 1. The summed E-state index contributed by atoms with van der Waals surface area (Å²) in [6, 6.07) is 0. The zero-order valence-corrected chi connectivity index (χ0v) is 16.9. The van der Waals surface area contributed by atoms with E-state index in [0.29, 0.717) is 17.7 Å². The molecule has 1 saturated heterocycles. The monoisotopic (exact) mass is 414 g/mol. The van der Waals surface area contributed by atoms with Crippen molar-refractivity contribution >= 4 is 52.5 Å². The van der Waals surface area contributed by atoms with Crippen molar-refractivity contribution in [2.45, 2.75) is 41.3 Å². The maximum atomic E-state index is 12.1. The van der Waals surface area contributed by atoms with Gasteiger partial charge in [0.25, 0.3) is 0 Å². The van der Waals surface area contributed by atoms with E-state index in [2.05, 4.69) is 4.98 Å². The fourth-order valence-electron chi connectivity index (χ4n) is 2.97. The van der Waals surface area contributed by atoms with Gasteiger partial charge in [-0.1, -0.05) is 11.8 Å². The van der Waals surface area contributed by atoms with Crippen molar-refractivity contribution in [1.29, 1.82) is 0 Å². The third-order valence-corrected chi connectivity index (χ3v) is 7.83. The van der Waals surface area contributed by atoms with Crippen LogP contribution in [0.3, 0.4) is 0 Å². The summed E-state index contributed by atoms with van der Waals surface area (Å²) in [5, 5.41) is 11.0. The lowest BCUT2D eigenvalue weighted by molar-refractivity contribution is -0.146. The molecule has 0 saturated carbocycles. The number of carboxylic acid groups (broad SMARTS) is 1. The first-order chi connectivity index (χ1) is 12.3.